The van der Waals surface area contributed by atoms with Crippen molar-refractivity contribution in [2.24, 2.45) is 0 Å². The number of aliphatic carboxylic acids is 1. The molecule has 1 aromatic heterocycles. The van der Waals surface area contributed by atoms with Gasteiger partial charge in [0.25, 0.3) is 5.91 Å². The maximum atomic E-state index is 12.8. The van der Waals surface area contributed by atoms with Gasteiger partial charge in [0.05, 0.1) is 18.2 Å². The molecule has 0 saturated carbocycles. The molecule has 1 aliphatic carbocycles. The zero-order valence-electron chi connectivity index (χ0n) is 21.7. The Hall–Kier alpha value is -3.98. The molecule has 3 heterocycles. The Morgan fingerprint density at radius 2 is 2.02 bits per heavy atom. The number of carbonyl (C=O) groups is 4. The molecule has 3 aliphatic rings. The molecule has 14 heteroatoms. The lowest BCUT2D eigenvalue weighted by Gasteiger charge is -2.49. The molecule has 2 amide bonds. The van der Waals surface area contributed by atoms with Crippen LogP contribution in [-0.2, 0) is 28.8 Å². The minimum atomic E-state index is -1.30. The summed E-state index contributed by atoms with van der Waals surface area (Å²) in [5, 5.41) is 16.3. The molecule has 0 spiro atoms. The molecule has 6 rings (SSSR count). The molecule has 12 nitrogen and oxygen atoms in total. The number of nitrogens with zero attached hydrogens (tertiary/aromatic N) is 2. The van der Waals surface area contributed by atoms with E-state index >= 15 is 0 Å². The van der Waals surface area contributed by atoms with Crippen LogP contribution in [0.25, 0.3) is 10.8 Å². The van der Waals surface area contributed by atoms with Gasteiger partial charge in [0.15, 0.2) is 5.13 Å². The lowest BCUT2D eigenvalue weighted by Crippen LogP contribution is -2.71. The van der Waals surface area contributed by atoms with E-state index in [0.29, 0.717) is 10.7 Å². The van der Waals surface area contributed by atoms with E-state index in [2.05, 4.69) is 21.8 Å². The Bertz CT molecular complexity index is 1620. The van der Waals surface area contributed by atoms with E-state index in [1.54, 1.807) is 0 Å². The van der Waals surface area contributed by atoms with Crippen molar-refractivity contribution in [2.75, 3.05) is 24.6 Å². The Morgan fingerprint density at radius 3 is 2.76 bits per heavy atom. The number of benzene rings is 2. The fourth-order valence-corrected chi connectivity index (χ4v) is 7.35. The summed E-state index contributed by atoms with van der Waals surface area (Å²) in [4.78, 5) is 60.2. The number of thiazole rings is 1. The predicted octanol–water partition coefficient (Wildman–Crippen LogP) is 1.89. The maximum Gasteiger partial charge on any atom is 0.352 e. The average Bonchev–Trinajstić information content (AvgIpc) is 3.36. The third-order valence-corrected chi connectivity index (χ3v) is 9.27. The summed E-state index contributed by atoms with van der Waals surface area (Å²) in [5.41, 5.74) is 11.6. The number of nitrogens with one attached hydrogen (secondary N) is 2. The molecular formula is C27H25N5O7S2. The van der Waals surface area contributed by atoms with Crippen molar-refractivity contribution >= 4 is 62.8 Å². The number of nitrogen functional groups attached to an aromatic ring is 1. The molecule has 41 heavy (non-hydrogen) atoms. The summed E-state index contributed by atoms with van der Waals surface area (Å²) >= 11 is 2.64. The van der Waals surface area contributed by atoms with Crippen molar-refractivity contribution in [1.29, 1.82) is 0 Å². The van der Waals surface area contributed by atoms with Gasteiger partial charge < -0.3 is 20.9 Å². The van der Waals surface area contributed by atoms with E-state index in [-0.39, 0.29) is 30.5 Å². The fraction of sp³-hybridized carbons (Fsp3) is 0.296. The van der Waals surface area contributed by atoms with E-state index in [4.69, 9.17) is 15.3 Å². The van der Waals surface area contributed by atoms with Crippen LogP contribution >= 0.6 is 23.1 Å². The quantitative estimate of drug-likeness (QED) is 0.162. The first-order valence-corrected chi connectivity index (χ1v) is 14.6. The predicted molar refractivity (Wildman–Crippen MR) is 150 cm³/mol. The first kappa shape index (κ1) is 27.2. The van der Waals surface area contributed by atoms with Crippen LogP contribution in [0.1, 0.15) is 35.8 Å². The molecule has 1 saturated heterocycles. The van der Waals surface area contributed by atoms with Gasteiger partial charge >= 0.3 is 11.9 Å². The normalized spacial score (nSPS) is 22.9. The number of hydroxylamine groups is 1. The monoisotopic (exact) mass is 595 g/mol. The Balaban J connectivity index is 1.10. The molecule has 0 radical (unpaired) electrons. The third kappa shape index (κ3) is 4.82. The number of nitrogens with two attached hydrogens (primary N) is 1. The van der Waals surface area contributed by atoms with Crippen LogP contribution in [-0.4, -0.2) is 69.1 Å². The first-order valence-electron chi connectivity index (χ1n) is 12.7. The zero-order valence-corrected chi connectivity index (χ0v) is 23.3. The van der Waals surface area contributed by atoms with E-state index in [9.17, 15) is 24.3 Å². The number of aromatic nitrogens is 1. The average molecular weight is 596 g/mol. The van der Waals surface area contributed by atoms with Gasteiger partial charge in [0, 0.05) is 23.6 Å². The number of ether oxygens (including phenoxy) is 1. The molecule has 0 bridgehead atoms. The Labute approximate surface area is 241 Å². The minimum Gasteiger partial charge on any atom is -0.477 e. The molecular weight excluding hydrogens is 570 g/mol. The number of hydrogen-bond acceptors (Lipinski definition) is 11. The fourth-order valence-electron chi connectivity index (χ4n) is 5.42. The number of hydrogen-bond donors (Lipinski definition) is 4. The minimum absolute atomic E-state index is 0.178. The number of esters is 1. The lowest BCUT2D eigenvalue weighted by atomic mass is 9.71. The van der Waals surface area contributed by atoms with Gasteiger partial charge in [-0.1, -0.05) is 36.4 Å². The maximum absolute atomic E-state index is 12.8. The molecule has 4 atom stereocenters. The number of β-lactam (4-membered cyclic amide) rings is 1. The number of carbonyl (C=O) groups excluding carboxylic acids is 3. The van der Waals surface area contributed by atoms with E-state index in [1.165, 1.54) is 30.0 Å². The van der Waals surface area contributed by atoms with Crippen LogP contribution in [0, 0.1) is 0 Å². The second-order valence-corrected chi connectivity index (χ2v) is 11.7. The molecule has 3 aromatic rings. The summed E-state index contributed by atoms with van der Waals surface area (Å²) in [5.74, 6) is -2.81. The highest BCUT2D eigenvalue weighted by atomic mass is 32.2. The summed E-state index contributed by atoms with van der Waals surface area (Å²) in [6, 6.07) is 11.2. The van der Waals surface area contributed by atoms with Gasteiger partial charge in [-0.15, -0.1) is 23.1 Å². The number of amides is 2. The smallest absolute Gasteiger partial charge is 0.352 e. The molecule has 2 aromatic carbocycles. The second-order valence-electron chi connectivity index (χ2n) is 9.73. The molecule has 2 unspecified atom stereocenters. The molecule has 1 fully saturated rings. The highest BCUT2D eigenvalue weighted by molar-refractivity contribution is 8.00. The van der Waals surface area contributed by atoms with Crippen molar-refractivity contribution in [3.8, 4) is 0 Å². The zero-order chi connectivity index (χ0) is 28.8. The van der Waals surface area contributed by atoms with Crippen molar-refractivity contribution in [3.63, 3.8) is 0 Å². The topological polar surface area (TPSA) is 173 Å². The van der Waals surface area contributed by atoms with Crippen LogP contribution in [0.4, 0.5) is 5.13 Å². The summed E-state index contributed by atoms with van der Waals surface area (Å²) in [6.07, 6.45) is -0.405. The van der Waals surface area contributed by atoms with E-state index in [1.807, 2.05) is 35.7 Å². The molecule has 212 valence electrons. The first-order chi connectivity index (χ1) is 19.7. The van der Waals surface area contributed by atoms with Crippen LogP contribution in [0.5, 0.6) is 0 Å². The summed E-state index contributed by atoms with van der Waals surface area (Å²) in [6.45, 7) is 0.776. The van der Waals surface area contributed by atoms with Crippen LogP contribution in [0.15, 0.2) is 53.0 Å². The summed E-state index contributed by atoms with van der Waals surface area (Å²) in [7, 11) is 0. The number of thioether (sulfide) groups is 1. The Morgan fingerprint density at radius 1 is 1.22 bits per heavy atom. The second kappa shape index (κ2) is 10.8. The largest absolute Gasteiger partial charge is 0.477 e. The van der Waals surface area contributed by atoms with Crippen LogP contribution < -0.4 is 16.5 Å². The Kier molecular flexibility index (Phi) is 7.15. The van der Waals surface area contributed by atoms with Gasteiger partial charge in [-0.3, -0.25) is 24.1 Å². The highest BCUT2D eigenvalue weighted by Gasteiger charge is 2.54. The van der Waals surface area contributed by atoms with Crippen molar-refractivity contribution in [2.45, 2.75) is 30.4 Å². The van der Waals surface area contributed by atoms with Gasteiger partial charge in [0.1, 0.15) is 29.8 Å². The van der Waals surface area contributed by atoms with Gasteiger partial charge in [0.2, 0.25) is 5.91 Å². The standard InChI is InChI=1S/C27H25N5O7S2/c1-12(33)38-9-14-10-40-25-21(24(35)32(25)22(14)26(36)37)31-18(34)8-29-39-23-16-7-6-13-4-2-3-5-15(13)19(16)20(23)17-11-41-27(28)30-17/h2-7,11,20-21,23,25,29H,8-10H2,1H3,(H2,28,30)(H,31,34)(H,36,37)/t20?,21-,23?,25+/m1/s1. The van der Waals surface area contributed by atoms with Gasteiger partial charge in [-0.2, -0.15) is 5.48 Å². The molecule has 5 N–H and O–H groups in total. The van der Waals surface area contributed by atoms with E-state index < -0.39 is 41.3 Å². The van der Waals surface area contributed by atoms with Crippen molar-refractivity contribution in [1.82, 2.24) is 20.7 Å². The number of carboxylic acids is 1. The van der Waals surface area contributed by atoms with E-state index in [0.717, 1.165) is 32.5 Å². The van der Waals surface area contributed by atoms with Gasteiger partial charge in [-0.05, 0) is 21.9 Å². The number of anilines is 1. The number of fused-ring (bicyclic) bond motifs is 4. The number of rotatable bonds is 9. The number of carboxylic acid groups (broad SMARTS) is 1. The van der Waals surface area contributed by atoms with Crippen LogP contribution in [0.2, 0.25) is 0 Å². The van der Waals surface area contributed by atoms with Gasteiger partial charge in [-0.25, -0.2) is 9.78 Å². The summed E-state index contributed by atoms with van der Waals surface area (Å²) < 4.78 is 4.94. The SMILES string of the molecule is CC(=O)OCC1=C(C(=O)O)N2C(=O)[C@@H](NC(=O)CNOC3c4ccc5ccccc5c4C3c3csc(N)n3)[C@@H]2SC1. The molecule has 2 aliphatic heterocycles. The van der Waals surface area contributed by atoms with Crippen molar-refractivity contribution in [3.05, 3.63) is 69.9 Å². The van der Waals surface area contributed by atoms with Crippen LogP contribution in [0.3, 0.4) is 0 Å². The van der Waals surface area contributed by atoms with Crippen molar-refractivity contribution < 1.29 is 33.9 Å². The third-order valence-electron chi connectivity index (χ3n) is 7.24. The highest BCUT2D eigenvalue weighted by Crippen LogP contribution is 2.53. The lowest BCUT2D eigenvalue weighted by molar-refractivity contribution is -0.151.